The van der Waals surface area contributed by atoms with E-state index in [-0.39, 0.29) is 17.0 Å². The minimum absolute atomic E-state index is 0.0724. The number of β-amino-alcohol motifs (C(OH)–C–C–N with tert-alkyl or cyclic N) is 1. The molecule has 9 heteroatoms. The normalized spacial score (nSPS) is 18.7. The number of ether oxygens (including phenoxy) is 1. The van der Waals surface area contributed by atoms with Gasteiger partial charge < -0.3 is 24.8 Å². The Hall–Kier alpha value is -3.50. The van der Waals surface area contributed by atoms with Crippen LogP contribution in [0.2, 0.25) is 0 Å². The molecule has 2 heterocycles. The third-order valence-electron chi connectivity index (χ3n) is 6.00. The van der Waals surface area contributed by atoms with Crippen LogP contribution in [0.4, 0.5) is 5.69 Å². The highest BCUT2D eigenvalue weighted by Gasteiger charge is 2.36. The highest BCUT2D eigenvalue weighted by molar-refractivity contribution is 5.91. The lowest BCUT2D eigenvalue weighted by molar-refractivity contribution is 0.169. The third kappa shape index (κ3) is 4.14. The van der Waals surface area contributed by atoms with Crippen molar-refractivity contribution in [1.82, 2.24) is 15.0 Å². The molecule has 2 atom stereocenters. The topological polar surface area (TPSA) is 118 Å². The number of benzene rings is 3. The number of aliphatic hydroxyl groups excluding tert-OH is 1. The predicted octanol–water partition coefficient (Wildman–Crippen LogP) is 3.90. The monoisotopic (exact) mass is 447 g/mol. The van der Waals surface area contributed by atoms with Gasteiger partial charge in [0.1, 0.15) is 5.75 Å². The second kappa shape index (κ2) is 8.80. The molecule has 1 fully saturated rings. The summed E-state index contributed by atoms with van der Waals surface area (Å²) in [6.07, 6.45) is -0.0395. The summed E-state index contributed by atoms with van der Waals surface area (Å²) in [6.45, 7) is 1.07. The molecule has 0 aliphatic carbocycles. The maximum Gasteiger partial charge on any atom is 0.244 e. The van der Waals surface area contributed by atoms with Gasteiger partial charge in [0.15, 0.2) is 0 Å². The van der Waals surface area contributed by atoms with Crippen molar-refractivity contribution in [2.75, 3.05) is 18.9 Å². The lowest BCUT2D eigenvalue weighted by Gasteiger charge is -2.22. The summed E-state index contributed by atoms with van der Waals surface area (Å²) in [5.41, 5.74) is 1.73. The Kier molecular flexibility index (Phi) is 5.69. The van der Waals surface area contributed by atoms with Gasteiger partial charge in [-0.2, -0.15) is 4.98 Å². The minimum Gasteiger partial charge on any atom is -0.733 e. The summed E-state index contributed by atoms with van der Waals surface area (Å²) in [4.78, 5) is 6.65. The zero-order valence-electron chi connectivity index (χ0n) is 18.0. The zero-order chi connectivity index (χ0) is 22.9. The van der Waals surface area contributed by atoms with Gasteiger partial charge in [0.05, 0.1) is 24.9 Å². The van der Waals surface area contributed by atoms with Crippen molar-refractivity contribution in [3.05, 3.63) is 77.3 Å². The molecule has 0 amide bonds. The number of rotatable bonds is 6. The van der Waals surface area contributed by atoms with E-state index in [9.17, 15) is 10.3 Å². The Bertz CT molecular complexity index is 1270. The largest absolute Gasteiger partial charge is 0.733 e. The first-order chi connectivity index (χ1) is 16.0. The number of anilines is 1. The average Bonchev–Trinajstić information content (AvgIpc) is 3.46. The Morgan fingerprint density at radius 2 is 1.97 bits per heavy atom. The van der Waals surface area contributed by atoms with E-state index >= 15 is 0 Å². The zero-order valence-corrected chi connectivity index (χ0v) is 18.0. The van der Waals surface area contributed by atoms with Crippen molar-refractivity contribution < 1.29 is 19.6 Å². The molecule has 4 aromatic rings. The van der Waals surface area contributed by atoms with Crippen LogP contribution in [0, 0.1) is 5.21 Å². The van der Waals surface area contributed by atoms with E-state index in [2.05, 4.69) is 21.1 Å². The lowest BCUT2D eigenvalue weighted by Crippen LogP contribution is -2.24. The Labute approximate surface area is 190 Å². The van der Waals surface area contributed by atoms with Crippen LogP contribution in [0.1, 0.15) is 23.9 Å². The molecular weight excluding hydrogens is 424 g/mol. The van der Waals surface area contributed by atoms with Crippen LogP contribution in [-0.4, -0.2) is 45.1 Å². The van der Waals surface area contributed by atoms with Gasteiger partial charge in [-0.05, 0) is 35.6 Å². The van der Waals surface area contributed by atoms with Crippen molar-refractivity contribution in [3.8, 4) is 17.1 Å². The van der Waals surface area contributed by atoms with E-state index in [4.69, 9.17) is 14.5 Å². The minimum atomic E-state index is -0.512. The van der Waals surface area contributed by atoms with Crippen molar-refractivity contribution in [3.63, 3.8) is 0 Å². The van der Waals surface area contributed by atoms with Gasteiger partial charge in [0.2, 0.25) is 11.7 Å². The van der Waals surface area contributed by atoms with Crippen molar-refractivity contribution >= 4 is 16.5 Å². The van der Waals surface area contributed by atoms with E-state index in [0.717, 1.165) is 22.1 Å². The molecule has 5 rings (SSSR count). The van der Waals surface area contributed by atoms with Crippen LogP contribution < -0.4 is 9.96 Å². The summed E-state index contributed by atoms with van der Waals surface area (Å²) >= 11 is 0. The van der Waals surface area contributed by atoms with Gasteiger partial charge in [0.25, 0.3) is 0 Å². The van der Waals surface area contributed by atoms with E-state index in [0.29, 0.717) is 36.8 Å². The van der Waals surface area contributed by atoms with Crippen LogP contribution in [0.3, 0.4) is 0 Å². The van der Waals surface area contributed by atoms with Gasteiger partial charge >= 0.3 is 0 Å². The molecule has 170 valence electrons. The third-order valence-corrected chi connectivity index (χ3v) is 6.00. The molecule has 0 bridgehead atoms. The maximum atomic E-state index is 11.2. The first kappa shape index (κ1) is 21.4. The van der Waals surface area contributed by atoms with Crippen molar-refractivity contribution in [2.45, 2.75) is 25.1 Å². The van der Waals surface area contributed by atoms with Crippen LogP contribution in [0.15, 0.2) is 65.2 Å². The molecule has 9 nitrogen and oxygen atoms in total. The van der Waals surface area contributed by atoms with E-state index in [1.54, 1.807) is 19.2 Å². The molecule has 1 aromatic heterocycles. The van der Waals surface area contributed by atoms with Crippen molar-refractivity contribution in [1.29, 1.82) is 0 Å². The summed E-state index contributed by atoms with van der Waals surface area (Å²) in [5.74, 6) is 1.52. The molecule has 0 spiro atoms. The van der Waals surface area contributed by atoms with Gasteiger partial charge in [-0.25, -0.2) is 0 Å². The molecule has 0 radical (unpaired) electrons. The predicted molar refractivity (Wildman–Crippen MR) is 122 cm³/mol. The quantitative estimate of drug-likeness (QED) is 0.424. The number of nitrogens with zero attached hydrogens (tertiary/aromatic N) is 4. The lowest BCUT2D eigenvalue weighted by atomic mass is 10.0. The second-order valence-electron chi connectivity index (χ2n) is 8.09. The fraction of sp³-hybridized carbons (Fsp3) is 0.250. The van der Waals surface area contributed by atoms with E-state index < -0.39 is 6.10 Å². The summed E-state index contributed by atoms with van der Waals surface area (Å²) in [7, 11) is 1.66. The fourth-order valence-electron chi connectivity index (χ4n) is 4.43. The number of hydrogen-bond donors (Lipinski definition) is 2. The fourth-order valence-corrected chi connectivity index (χ4v) is 4.43. The Balaban J connectivity index is 1.43. The molecule has 2 N–H and O–H groups in total. The summed E-state index contributed by atoms with van der Waals surface area (Å²) in [5, 5.41) is 36.7. The summed E-state index contributed by atoms with van der Waals surface area (Å²) in [6, 6.07) is 18.1. The second-order valence-corrected chi connectivity index (χ2v) is 8.09. The number of likely N-dealkylation sites (tertiary alicyclic amines) is 1. The Morgan fingerprint density at radius 1 is 1.15 bits per heavy atom. The van der Waals surface area contributed by atoms with E-state index in [1.807, 2.05) is 30.3 Å². The SMILES string of the molecule is COc1ccc(CN2C[C@H](O)C[C@H]2c2nc(-c3cccc(N([O-])O)c3)no2)c2ccccc12. The highest BCUT2D eigenvalue weighted by atomic mass is 16.8. The van der Waals surface area contributed by atoms with Crippen LogP contribution >= 0.6 is 0 Å². The molecular formula is C24H23N4O5-. The van der Waals surface area contributed by atoms with Crippen LogP contribution in [0.25, 0.3) is 22.2 Å². The summed E-state index contributed by atoms with van der Waals surface area (Å²) < 4.78 is 11.1. The first-order valence-corrected chi connectivity index (χ1v) is 10.6. The molecule has 0 saturated carbocycles. The van der Waals surface area contributed by atoms with Gasteiger partial charge in [-0.3, -0.25) is 10.1 Å². The van der Waals surface area contributed by atoms with Gasteiger partial charge in [-0.15, -0.1) is 0 Å². The molecule has 3 aromatic carbocycles. The number of aliphatic hydroxyl groups is 1. The maximum absolute atomic E-state index is 11.2. The molecule has 33 heavy (non-hydrogen) atoms. The molecule has 1 saturated heterocycles. The standard InChI is InChI=1S/C24H23N4O5/c1-32-22-10-9-16(19-7-2-3-8-20(19)22)13-27-14-18(29)12-21(27)24-25-23(26-33-24)15-5-4-6-17(11-15)28(30)31/h2-11,18,21,29-30H,12-14H2,1H3/q-1/t18-,21+/m1/s1. The van der Waals surface area contributed by atoms with E-state index in [1.165, 1.54) is 12.1 Å². The number of methoxy groups -OCH3 is 1. The Morgan fingerprint density at radius 3 is 2.76 bits per heavy atom. The van der Waals surface area contributed by atoms with Gasteiger partial charge in [0, 0.05) is 24.0 Å². The smallest absolute Gasteiger partial charge is 0.244 e. The number of aromatic nitrogens is 2. The average molecular weight is 447 g/mol. The first-order valence-electron chi connectivity index (χ1n) is 10.6. The van der Waals surface area contributed by atoms with Crippen LogP contribution in [-0.2, 0) is 6.54 Å². The van der Waals surface area contributed by atoms with Crippen LogP contribution in [0.5, 0.6) is 5.75 Å². The molecule has 1 aliphatic heterocycles. The molecule has 1 aliphatic rings. The highest BCUT2D eigenvalue weighted by Crippen LogP contribution is 2.36. The number of fused-ring (bicyclic) bond motifs is 1. The van der Waals surface area contributed by atoms with Crippen molar-refractivity contribution in [2.24, 2.45) is 0 Å². The molecule has 0 unspecified atom stereocenters. The van der Waals surface area contributed by atoms with Gasteiger partial charge in [-0.1, -0.05) is 47.6 Å². The number of hydrogen-bond acceptors (Lipinski definition) is 9.